The lowest BCUT2D eigenvalue weighted by molar-refractivity contribution is -0.138. The van der Waals surface area contributed by atoms with Crippen LogP contribution in [0.2, 0.25) is 5.02 Å². The van der Waals surface area contributed by atoms with Crippen molar-refractivity contribution in [2.24, 2.45) is 4.99 Å². The normalized spacial score (nSPS) is 14.7. The predicted octanol–water partition coefficient (Wildman–Crippen LogP) is 5.42. The molecule has 1 aromatic heterocycles. The Balaban J connectivity index is 1.80. The van der Waals surface area contributed by atoms with E-state index in [9.17, 15) is 14.7 Å². The van der Waals surface area contributed by atoms with Crippen molar-refractivity contribution >= 4 is 40.7 Å². The van der Waals surface area contributed by atoms with Crippen LogP contribution in [-0.4, -0.2) is 28.9 Å². The Morgan fingerprint density at radius 3 is 2.52 bits per heavy atom. The fourth-order valence-corrected chi connectivity index (χ4v) is 6.03. The number of halogens is 1. The quantitative estimate of drug-likeness (QED) is 0.205. The summed E-state index contributed by atoms with van der Waals surface area (Å²) < 4.78 is 13.1. The monoisotopic (exact) mass is 600 g/mol. The van der Waals surface area contributed by atoms with Crippen LogP contribution in [0.15, 0.2) is 94.7 Å². The number of ether oxygens (including phenoxy) is 2. The number of thiazole rings is 1. The number of benzene rings is 3. The molecule has 1 N–H and O–H groups in total. The van der Waals surface area contributed by atoms with Crippen molar-refractivity contribution in [3.05, 3.63) is 132 Å². The van der Waals surface area contributed by atoms with Crippen LogP contribution in [0, 0.1) is 0 Å². The zero-order valence-electron chi connectivity index (χ0n) is 23.2. The minimum atomic E-state index is -0.801. The van der Waals surface area contributed by atoms with E-state index in [4.69, 9.17) is 26.1 Å². The van der Waals surface area contributed by atoms with E-state index in [1.807, 2.05) is 37.3 Å². The number of fused-ring (bicyclic) bond motifs is 1. The van der Waals surface area contributed by atoms with Gasteiger partial charge < -0.3 is 14.6 Å². The summed E-state index contributed by atoms with van der Waals surface area (Å²) in [7, 11) is 0. The number of carbonyl (C=O) groups is 1. The molecular formula is C33H29ClN2O5S. The topological polar surface area (TPSA) is 90.1 Å². The first-order valence-electron chi connectivity index (χ1n) is 13.5. The maximum absolute atomic E-state index is 14.1. The summed E-state index contributed by atoms with van der Waals surface area (Å²) in [5, 5.41) is 11.2. The second kappa shape index (κ2) is 12.6. The first kappa shape index (κ1) is 29.1. The molecule has 0 radical (unpaired) electrons. The second-order valence-corrected chi connectivity index (χ2v) is 10.9. The van der Waals surface area contributed by atoms with Crippen molar-refractivity contribution in [2.75, 3.05) is 13.2 Å². The summed E-state index contributed by atoms with van der Waals surface area (Å²) >= 11 is 7.42. The second-order valence-electron chi connectivity index (χ2n) is 9.44. The Bertz CT molecular complexity index is 1860. The molecule has 0 saturated carbocycles. The molecular weight excluding hydrogens is 572 g/mol. The predicted molar refractivity (Wildman–Crippen MR) is 166 cm³/mol. The van der Waals surface area contributed by atoms with Crippen molar-refractivity contribution < 1.29 is 19.4 Å². The highest BCUT2D eigenvalue weighted by molar-refractivity contribution is 7.07. The molecule has 0 spiro atoms. The smallest absolute Gasteiger partial charge is 0.338 e. The number of phenolic OH excluding ortho intramolecular Hbond substituents is 1. The average Bonchev–Trinajstić information content (AvgIpc) is 3.30. The third kappa shape index (κ3) is 5.68. The van der Waals surface area contributed by atoms with Crippen LogP contribution < -0.4 is 19.6 Å². The fraction of sp³-hybridized carbons (Fsp3) is 0.182. The number of phenols is 1. The van der Waals surface area contributed by atoms with Gasteiger partial charge in [0.05, 0.1) is 35.1 Å². The van der Waals surface area contributed by atoms with Gasteiger partial charge in [0.15, 0.2) is 16.3 Å². The summed E-state index contributed by atoms with van der Waals surface area (Å²) in [4.78, 5) is 33.0. The molecule has 0 fully saturated rings. The summed E-state index contributed by atoms with van der Waals surface area (Å²) in [6.07, 6.45) is 3.86. The SMILES string of the molecule is C=CCc1cc(/C=c2/sc3n(c2=O)[C@@H](c2ccc(Cl)cc2)C(C(=O)OCC)=C(c2ccccc2)N=3)cc(OCC)c1O. The van der Waals surface area contributed by atoms with Gasteiger partial charge in [0.2, 0.25) is 0 Å². The molecule has 0 unspecified atom stereocenters. The Morgan fingerprint density at radius 1 is 1.12 bits per heavy atom. The van der Waals surface area contributed by atoms with Gasteiger partial charge in [-0.1, -0.05) is 71.5 Å². The first-order chi connectivity index (χ1) is 20.4. The maximum Gasteiger partial charge on any atom is 0.338 e. The molecule has 0 amide bonds. The molecule has 0 aliphatic carbocycles. The molecule has 3 aromatic carbocycles. The van der Waals surface area contributed by atoms with E-state index in [2.05, 4.69) is 6.58 Å². The van der Waals surface area contributed by atoms with Gasteiger partial charge >= 0.3 is 5.97 Å². The molecule has 9 heteroatoms. The average molecular weight is 601 g/mol. The number of carbonyl (C=O) groups excluding carboxylic acids is 1. The van der Waals surface area contributed by atoms with Crippen LogP contribution in [0.25, 0.3) is 11.8 Å². The van der Waals surface area contributed by atoms with Crippen molar-refractivity contribution in [3.8, 4) is 11.5 Å². The zero-order valence-corrected chi connectivity index (χ0v) is 24.7. The highest BCUT2D eigenvalue weighted by Gasteiger charge is 2.35. The Hall–Kier alpha value is -4.40. The zero-order chi connectivity index (χ0) is 29.8. The third-order valence-electron chi connectivity index (χ3n) is 6.70. The molecule has 1 atom stereocenters. The van der Waals surface area contributed by atoms with Gasteiger partial charge in [-0.25, -0.2) is 9.79 Å². The minimum Gasteiger partial charge on any atom is -0.504 e. The van der Waals surface area contributed by atoms with Gasteiger partial charge in [-0.15, -0.1) is 6.58 Å². The van der Waals surface area contributed by atoms with Crippen LogP contribution in [0.1, 0.15) is 42.1 Å². The lowest BCUT2D eigenvalue weighted by Gasteiger charge is -2.25. The summed E-state index contributed by atoms with van der Waals surface area (Å²) in [5.41, 5.74) is 3.11. The Morgan fingerprint density at radius 2 is 1.86 bits per heavy atom. The number of allylic oxidation sites excluding steroid dienone is 1. The lowest BCUT2D eigenvalue weighted by Crippen LogP contribution is -2.40. The van der Waals surface area contributed by atoms with Crippen molar-refractivity contribution in [1.82, 2.24) is 4.57 Å². The number of hydrogen-bond acceptors (Lipinski definition) is 7. The molecule has 0 saturated heterocycles. The van der Waals surface area contributed by atoms with Crippen molar-refractivity contribution in [2.45, 2.75) is 26.3 Å². The number of esters is 1. The largest absolute Gasteiger partial charge is 0.504 e. The fourth-order valence-electron chi connectivity index (χ4n) is 4.90. The first-order valence-corrected chi connectivity index (χ1v) is 14.7. The van der Waals surface area contributed by atoms with E-state index in [1.54, 1.807) is 55.5 Å². The van der Waals surface area contributed by atoms with Crippen LogP contribution in [0.5, 0.6) is 11.5 Å². The van der Waals surface area contributed by atoms with Crippen molar-refractivity contribution in [3.63, 3.8) is 0 Å². The van der Waals surface area contributed by atoms with Gasteiger partial charge in [0.25, 0.3) is 5.56 Å². The van der Waals surface area contributed by atoms with E-state index >= 15 is 0 Å². The van der Waals surface area contributed by atoms with Gasteiger partial charge in [0.1, 0.15) is 0 Å². The minimum absolute atomic E-state index is 0.0460. The van der Waals surface area contributed by atoms with Gasteiger partial charge in [0, 0.05) is 16.1 Å². The highest BCUT2D eigenvalue weighted by Crippen LogP contribution is 2.36. The van der Waals surface area contributed by atoms with E-state index in [0.29, 0.717) is 55.5 Å². The number of aromatic hydroxyl groups is 1. The maximum atomic E-state index is 14.1. The summed E-state index contributed by atoms with van der Waals surface area (Å²) in [6.45, 7) is 7.88. The Kier molecular flexibility index (Phi) is 8.75. The van der Waals surface area contributed by atoms with Crippen LogP contribution in [0.3, 0.4) is 0 Å². The van der Waals surface area contributed by atoms with Crippen LogP contribution in [-0.2, 0) is 16.0 Å². The molecule has 2 heterocycles. The number of nitrogens with zero attached hydrogens (tertiary/aromatic N) is 2. The summed E-state index contributed by atoms with van der Waals surface area (Å²) in [6, 6.07) is 19.1. The standard InChI is InChI=1S/C33H29ClN2O5S/c1-4-10-23-17-20(18-25(30(23)37)40-5-2)19-26-31(38)36-29(22-13-15-24(34)16-14-22)27(32(39)41-6-3)28(35-33(36)42-26)21-11-8-7-9-12-21/h4,7-9,11-19,29,37H,1,5-6,10H2,2-3H3/b26-19+/t29-/m0/s1. The van der Waals surface area contributed by atoms with Gasteiger partial charge in [-0.2, -0.15) is 0 Å². The van der Waals surface area contributed by atoms with Crippen molar-refractivity contribution in [1.29, 1.82) is 0 Å². The number of aromatic nitrogens is 1. The Labute approximate surface area is 252 Å². The van der Waals surface area contributed by atoms with Crippen LogP contribution >= 0.6 is 22.9 Å². The van der Waals surface area contributed by atoms with E-state index in [-0.39, 0.29) is 23.5 Å². The number of hydrogen-bond donors (Lipinski definition) is 1. The molecule has 1 aliphatic heterocycles. The molecule has 7 nitrogen and oxygen atoms in total. The third-order valence-corrected chi connectivity index (χ3v) is 7.93. The lowest BCUT2D eigenvalue weighted by atomic mass is 9.93. The summed E-state index contributed by atoms with van der Waals surface area (Å²) in [5.74, 6) is -0.182. The highest BCUT2D eigenvalue weighted by atomic mass is 35.5. The molecule has 42 heavy (non-hydrogen) atoms. The van der Waals surface area contributed by atoms with E-state index < -0.39 is 12.0 Å². The van der Waals surface area contributed by atoms with E-state index in [1.165, 1.54) is 15.9 Å². The molecule has 4 aromatic rings. The van der Waals surface area contributed by atoms with Gasteiger partial charge in [-0.05, 0) is 61.7 Å². The molecule has 1 aliphatic rings. The van der Waals surface area contributed by atoms with Crippen LogP contribution in [0.4, 0.5) is 0 Å². The molecule has 214 valence electrons. The molecule has 5 rings (SSSR count). The number of rotatable bonds is 9. The van der Waals surface area contributed by atoms with E-state index in [0.717, 1.165) is 5.56 Å². The molecule has 0 bridgehead atoms. The van der Waals surface area contributed by atoms with Gasteiger partial charge in [-0.3, -0.25) is 9.36 Å².